The Bertz CT molecular complexity index is 1040. The van der Waals surface area contributed by atoms with Gasteiger partial charge in [0.2, 0.25) is 5.88 Å². The Morgan fingerprint density at radius 3 is 2.28 bits per heavy atom. The summed E-state index contributed by atoms with van der Waals surface area (Å²) < 4.78 is 19.8. The Hall–Kier alpha value is -3.48. The van der Waals surface area contributed by atoms with E-state index < -0.39 is 17.5 Å². The number of nitrogens with zero attached hydrogens (tertiary/aromatic N) is 2. The third-order valence-electron chi connectivity index (χ3n) is 4.36. The van der Waals surface area contributed by atoms with Gasteiger partial charge in [-0.15, -0.1) is 5.10 Å². The number of ether oxygens (including phenoxy) is 1. The highest BCUT2D eigenvalue weighted by atomic mass is 19.1. The molecule has 0 radical (unpaired) electrons. The van der Waals surface area contributed by atoms with Crippen LogP contribution in [0.1, 0.15) is 32.3 Å². The van der Waals surface area contributed by atoms with Crippen LogP contribution in [0.25, 0.3) is 5.69 Å². The summed E-state index contributed by atoms with van der Waals surface area (Å²) in [5.74, 6) is -0.249. The van der Waals surface area contributed by atoms with E-state index in [1.807, 2.05) is 24.3 Å². The number of carbonyl (C=O) groups excluding carboxylic acids is 1. The number of nitrogens with one attached hydrogen (secondary N) is 1. The highest BCUT2D eigenvalue weighted by Gasteiger charge is 2.16. The van der Waals surface area contributed by atoms with E-state index in [-0.39, 0.29) is 11.8 Å². The van der Waals surface area contributed by atoms with Gasteiger partial charge < -0.3 is 10.1 Å². The summed E-state index contributed by atoms with van der Waals surface area (Å²) in [6, 6.07) is 15.6. The number of anilines is 1. The summed E-state index contributed by atoms with van der Waals surface area (Å²) in [5.41, 5.74) is 1.84. The van der Waals surface area contributed by atoms with Crippen LogP contribution in [0.2, 0.25) is 0 Å². The summed E-state index contributed by atoms with van der Waals surface area (Å²) in [7, 11) is 0. The molecule has 0 bridgehead atoms. The van der Waals surface area contributed by atoms with Crippen LogP contribution in [0, 0.1) is 5.82 Å². The molecule has 0 aliphatic carbocycles. The lowest BCUT2D eigenvalue weighted by molar-refractivity contribution is -0.122. The summed E-state index contributed by atoms with van der Waals surface area (Å²) in [4.78, 5) is 24.5. The number of benzene rings is 2. The number of aromatic nitrogens is 2. The number of halogens is 1. The van der Waals surface area contributed by atoms with Crippen molar-refractivity contribution in [3.8, 4) is 11.6 Å². The van der Waals surface area contributed by atoms with Crippen LogP contribution in [0.5, 0.6) is 5.88 Å². The van der Waals surface area contributed by atoms with Crippen LogP contribution >= 0.6 is 0 Å². The average molecular weight is 395 g/mol. The maximum absolute atomic E-state index is 13.1. The maximum Gasteiger partial charge on any atom is 0.271 e. The van der Waals surface area contributed by atoms with Crippen LogP contribution in [0.4, 0.5) is 10.1 Å². The molecule has 29 heavy (non-hydrogen) atoms. The smallest absolute Gasteiger partial charge is 0.271 e. The molecule has 7 heteroatoms. The minimum absolute atomic E-state index is 0.103. The first-order valence-electron chi connectivity index (χ1n) is 9.27. The van der Waals surface area contributed by atoms with Gasteiger partial charge in [-0.2, -0.15) is 4.68 Å². The van der Waals surface area contributed by atoms with Crippen molar-refractivity contribution in [2.24, 2.45) is 0 Å². The van der Waals surface area contributed by atoms with Crippen molar-refractivity contribution in [1.82, 2.24) is 9.78 Å². The SMILES string of the molecule is CC(C)c1ccc(NC(=O)[C@@H](C)Oc2ccc(=O)n(-c3ccc(F)cc3)n2)cc1. The normalized spacial score (nSPS) is 11.9. The molecule has 0 unspecified atom stereocenters. The molecule has 0 aliphatic rings. The first kappa shape index (κ1) is 20.3. The Morgan fingerprint density at radius 1 is 1.00 bits per heavy atom. The minimum Gasteiger partial charge on any atom is -0.463 e. The van der Waals surface area contributed by atoms with Gasteiger partial charge in [0, 0.05) is 17.8 Å². The molecule has 0 aliphatic heterocycles. The fraction of sp³-hybridized carbons (Fsp3) is 0.227. The van der Waals surface area contributed by atoms with Crippen LogP contribution in [0.3, 0.4) is 0 Å². The molecule has 3 aromatic rings. The third-order valence-corrected chi connectivity index (χ3v) is 4.36. The largest absolute Gasteiger partial charge is 0.463 e. The van der Waals surface area contributed by atoms with E-state index in [1.165, 1.54) is 42.0 Å². The summed E-state index contributed by atoms with van der Waals surface area (Å²) in [5, 5.41) is 6.90. The molecule has 0 spiro atoms. The molecule has 150 valence electrons. The first-order valence-corrected chi connectivity index (χ1v) is 9.27. The van der Waals surface area contributed by atoms with Gasteiger partial charge in [0.15, 0.2) is 6.10 Å². The van der Waals surface area contributed by atoms with Crippen molar-refractivity contribution in [2.75, 3.05) is 5.32 Å². The van der Waals surface area contributed by atoms with Gasteiger partial charge in [-0.3, -0.25) is 9.59 Å². The van der Waals surface area contributed by atoms with E-state index in [9.17, 15) is 14.0 Å². The van der Waals surface area contributed by atoms with Crippen molar-refractivity contribution in [1.29, 1.82) is 0 Å². The lowest BCUT2D eigenvalue weighted by atomic mass is 10.0. The molecule has 3 rings (SSSR count). The van der Waals surface area contributed by atoms with Gasteiger partial charge in [0.05, 0.1) is 5.69 Å². The first-order chi connectivity index (χ1) is 13.8. The molecule has 6 nitrogen and oxygen atoms in total. The molecule has 2 aromatic carbocycles. The minimum atomic E-state index is -0.841. The zero-order valence-electron chi connectivity index (χ0n) is 16.4. The lowest BCUT2D eigenvalue weighted by Crippen LogP contribution is -2.31. The van der Waals surface area contributed by atoms with Gasteiger partial charge in [0.1, 0.15) is 5.82 Å². The third kappa shape index (κ3) is 5.07. The van der Waals surface area contributed by atoms with Crippen molar-refractivity contribution < 1.29 is 13.9 Å². The summed E-state index contributed by atoms with van der Waals surface area (Å²) in [6.45, 7) is 5.79. The van der Waals surface area contributed by atoms with E-state index >= 15 is 0 Å². The summed E-state index contributed by atoms with van der Waals surface area (Å²) >= 11 is 0. The van der Waals surface area contributed by atoms with Crippen LogP contribution in [-0.4, -0.2) is 21.8 Å². The molecule has 1 atom stereocenters. The molecule has 1 N–H and O–H groups in total. The number of carbonyl (C=O) groups is 1. The topological polar surface area (TPSA) is 73.2 Å². The quantitative estimate of drug-likeness (QED) is 0.687. The van der Waals surface area contributed by atoms with E-state index in [1.54, 1.807) is 6.92 Å². The van der Waals surface area contributed by atoms with Crippen molar-refractivity contribution in [3.63, 3.8) is 0 Å². The summed E-state index contributed by atoms with van der Waals surface area (Å²) in [6.07, 6.45) is -0.841. The van der Waals surface area contributed by atoms with E-state index in [0.717, 1.165) is 4.68 Å². The Balaban J connectivity index is 1.70. The van der Waals surface area contributed by atoms with Crippen molar-refractivity contribution in [3.05, 3.63) is 82.4 Å². The zero-order chi connectivity index (χ0) is 21.0. The number of hydrogen-bond acceptors (Lipinski definition) is 4. The van der Waals surface area contributed by atoms with E-state index in [2.05, 4.69) is 24.3 Å². The van der Waals surface area contributed by atoms with Crippen LogP contribution in [-0.2, 0) is 4.79 Å². The molecule has 0 saturated heterocycles. The van der Waals surface area contributed by atoms with E-state index in [4.69, 9.17) is 4.74 Å². The number of rotatable bonds is 6. The second-order valence-corrected chi connectivity index (χ2v) is 6.92. The van der Waals surface area contributed by atoms with Crippen LogP contribution < -0.4 is 15.6 Å². The zero-order valence-corrected chi connectivity index (χ0v) is 16.4. The second kappa shape index (κ2) is 8.68. The van der Waals surface area contributed by atoms with Crippen LogP contribution in [0.15, 0.2) is 65.5 Å². The lowest BCUT2D eigenvalue weighted by Gasteiger charge is -2.15. The van der Waals surface area contributed by atoms with Crippen molar-refractivity contribution in [2.45, 2.75) is 32.8 Å². The fourth-order valence-electron chi connectivity index (χ4n) is 2.65. The highest BCUT2D eigenvalue weighted by molar-refractivity contribution is 5.94. The Morgan fingerprint density at radius 2 is 1.66 bits per heavy atom. The molecule has 1 aromatic heterocycles. The maximum atomic E-state index is 13.1. The Kier molecular flexibility index (Phi) is 6.07. The Labute approximate surface area is 168 Å². The van der Waals surface area contributed by atoms with Gasteiger partial charge in [-0.05, 0) is 54.8 Å². The highest BCUT2D eigenvalue weighted by Crippen LogP contribution is 2.17. The average Bonchev–Trinajstić information content (AvgIpc) is 2.70. The molecular formula is C22H22FN3O3. The molecular weight excluding hydrogens is 373 g/mol. The molecule has 0 saturated carbocycles. The van der Waals surface area contributed by atoms with E-state index in [0.29, 0.717) is 17.3 Å². The van der Waals surface area contributed by atoms with Gasteiger partial charge >= 0.3 is 0 Å². The predicted molar refractivity (Wildman–Crippen MR) is 109 cm³/mol. The number of hydrogen-bond donors (Lipinski definition) is 1. The second-order valence-electron chi connectivity index (χ2n) is 6.92. The van der Waals surface area contributed by atoms with Gasteiger partial charge in [-0.1, -0.05) is 26.0 Å². The fourth-order valence-corrected chi connectivity index (χ4v) is 2.65. The van der Waals surface area contributed by atoms with Gasteiger partial charge in [0.25, 0.3) is 11.5 Å². The van der Waals surface area contributed by atoms with Crippen molar-refractivity contribution >= 4 is 11.6 Å². The van der Waals surface area contributed by atoms with Gasteiger partial charge in [-0.25, -0.2) is 4.39 Å². The monoisotopic (exact) mass is 395 g/mol. The standard InChI is InChI=1S/C22H22FN3O3/c1-14(2)16-4-8-18(9-5-16)24-22(28)15(3)29-20-12-13-21(27)26(25-20)19-10-6-17(23)7-11-19/h4-15H,1-3H3,(H,24,28)/t15-/m1/s1. The molecule has 0 fully saturated rings. The molecule has 1 amide bonds. The number of amides is 1. The molecule has 1 heterocycles. The predicted octanol–water partition coefficient (Wildman–Crippen LogP) is 3.90.